The highest BCUT2D eigenvalue weighted by Gasteiger charge is 2.32. The van der Waals surface area contributed by atoms with E-state index in [1.165, 1.54) is 12.1 Å². The van der Waals surface area contributed by atoms with E-state index in [4.69, 9.17) is 12.2 Å². The molecule has 0 saturated carbocycles. The molecule has 0 spiro atoms. The molecule has 0 bridgehead atoms. The van der Waals surface area contributed by atoms with Crippen molar-refractivity contribution in [2.24, 2.45) is 0 Å². The number of hydrogen-bond acceptors (Lipinski definition) is 5. The molecular formula is C18H23FN4O2S2. The molecule has 27 heavy (non-hydrogen) atoms. The summed E-state index contributed by atoms with van der Waals surface area (Å²) in [7, 11) is -2.96. The van der Waals surface area contributed by atoms with E-state index >= 15 is 0 Å². The second-order valence-corrected chi connectivity index (χ2v) is 9.21. The average Bonchev–Trinajstić information content (AvgIpc) is 3.14. The Morgan fingerprint density at radius 3 is 2.67 bits per heavy atom. The van der Waals surface area contributed by atoms with Gasteiger partial charge in [0.05, 0.1) is 18.2 Å². The third kappa shape index (κ3) is 4.36. The van der Waals surface area contributed by atoms with Gasteiger partial charge in [-0.1, -0.05) is 13.0 Å². The van der Waals surface area contributed by atoms with Crippen molar-refractivity contribution in [1.82, 2.24) is 19.2 Å². The van der Waals surface area contributed by atoms with Crippen molar-refractivity contribution in [3.05, 3.63) is 47.5 Å². The Morgan fingerprint density at radius 1 is 1.41 bits per heavy atom. The fraction of sp³-hybridized carbons (Fsp3) is 0.444. The Kier molecular flexibility index (Phi) is 5.92. The summed E-state index contributed by atoms with van der Waals surface area (Å²) in [5.74, 6) is 0.721. The van der Waals surface area contributed by atoms with Crippen LogP contribution in [0.5, 0.6) is 0 Å². The molecule has 0 aliphatic carbocycles. The van der Waals surface area contributed by atoms with Gasteiger partial charge in [-0.3, -0.25) is 9.47 Å². The third-order valence-electron chi connectivity index (χ3n) is 4.78. The fourth-order valence-electron chi connectivity index (χ4n) is 3.35. The highest BCUT2D eigenvalue weighted by atomic mass is 32.2. The van der Waals surface area contributed by atoms with Gasteiger partial charge in [0, 0.05) is 18.2 Å². The molecule has 0 unspecified atom stereocenters. The second kappa shape index (κ2) is 8.04. The Morgan fingerprint density at radius 2 is 2.11 bits per heavy atom. The van der Waals surface area contributed by atoms with Crippen LogP contribution in [-0.4, -0.2) is 51.8 Å². The van der Waals surface area contributed by atoms with Crippen LogP contribution in [0.4, 0.5) is 4.39 Å². The van der Waals surface area contributed by atoms with Crippen LogP contribution in [0.3, 0.4) is 0 Å². The zero-order chi connectivity index (χ0) is 19.6. The molecule has 1 aliphatic rings. The number of sulfone groups is 1. The zero-order valence-electron chi connectivity index (χ0n) is 15.2. The van der Waals surface area contributed by atoms with Crippen molar-refractivity contribution in [2.45, 2.75) is 32.6 Å². The highest BCUT2D eigenvalue weighted by Crippen LogP contribution is 2.21. The number of rotatable bonds is 7. The van der Waals surface area contributed by atoms with Crippen LogP contribution in [-0.2, 0) is 23.1 Å². The number of allylic oxidation sites excluding steroid dienone is 1. The predicted molar refractivity (Wildman–Crippen MR) is 106 cm³/mol. The summed E-state index contributed by atoms with van der Waals surface area (Å²) in [4.78, 5) is 2.08. The Labute approximate surface area is 163 Å². The van der Waals surface area contributed by atoms with Crippen LogP contribution in [0.25, 0.3) is 11.4 Å². The number of nitrogens with zero attached hydrogens (tertiary/aromatic N) is 4. The smallest absolute Gasteiger partial charge is 0.199 e. The van der Waals surface area contributed by atoms with Crippen LogP contribution in [0.15, 0.2) is 36.9 Å². The number of aromatic nitrogens is 3. The molecule has 0 N–H and O–H groups in total. The molecule has 2 aromatic rings. The Hall–Kier alpha value is -1.84. The monoisotopic (exact) mass is 410 g/mol. The topological polar surface area (TPSA) is 60.1 Å². The average molecular weight is 411 g/mol. The summed E-state index contributed by atoms with van der Waals surface area (Å²) in [6.45, 7) is 7.36. The molecule has 3 rings (SSSR count). The van der Waals surface area contributed by atoms with Gasteiger partial charge in [0.15, 0.2) is 20.4 Å². The minimum Gasteiger partial charge on any atom is -0.296 e. The van der Waals surface area contributed by atoms with Gasteiger partial charge in [-0.25, -0.2) is 17.5 Å². The van der Waals surface area contributed by atoms with Gasteiger partial charge >= 0.3 is 0 Å². The molecule has 1 aromatic carbocycles. The van der Waals surface area contributed by atoms with Gasteiger partial charge in [-0.2, -0.15) is 5.10 Å². The lowest BCUT2D eigenvalue weighted by Crippen LogP contribution is -2.37. The van der Waals surface area contributed by atoms with Crippen LogP contribution in [0, 0.1) is 10.6 Å². The van der Waals surface area contributed by atoms with Gasteiger partial charge in [0.25, 0.3) is 0 Å². The number of hydrogen-bond donors (Lipinski definition) is 0. The summed E-state index contributed by atoms with van der Waals surface area (Å²) in [5.41, 5.74) is 0.759. The zero-order valence-corrected chi connectivity index (χ0v) is 16.8. The summed E-state index contributed by atoms with van der Waals surface area (Å²) in [6.07, 6.45) is 2.36. The van der Waals surface area contributed by atoms with E-state index in [1.807, 2.05) is 11.5 Å². The molecule has 1 saturated heterocycles. The quantitative estimate of drug-likeness (QED) is 0.519. The largest absolute Gasteiger partial charge is 0.296 e. The van der Waals surface area contributed by atoms with Gasteiger partial charge in [0.2, 0.25) is 0 Å². The van der Waals surface area contributed by atoms with Gasteiger partial charge in [-0.05, 0) is 49.4 Å². The summed E-state index contributed by atoms with van der Waals surface area (Å²) in [5, 5.41) is 4.64. The predicted octanol–water partition coefficient (Wildman–Crippen LogP) is 2.87. The summed E-state index contributed by atoms with van der Waals surface area (Å²) < 4.78 is 41.0. The molecule has 0 radical (unpaired) electrons. The van der Waals surface area contributed by atoms with Crippen LogP contribution in [0.2, 0.25) is 0 Å². The fourth-order valence-corrected chi connectivity index (χ4v) is 5.37. The van der Waals surface area contributed by atoms with Gasteiger partial charge < -0.3 is 0 Å². The summed E-state index contributed by atoms with van der Waals surface area (Å²) >= 11 is 5.59. The molecule has 1 atom stereocenters. The lowest BCUT2D eigenvalue weighted by Gasteiger charge is -2.26. The lowest BCUT2D eigenvalue weighted by molar-refractivity contribution is 0.164. The van der Waals surface area contributed by atoms with E-state index in [2.05, 4.69) is 16.6 Å². The van der Waals surface area contributed by atoms with Crippen molar-refractivity contribution < 1.29 is 12.8 Å². The molecule has 9 heteroatoms. The first-order valence-corrected chi connectivity index (χ1v) is 11.1. The Balaban J connectivity index is 1.93. The lowest BCUT2D eigenvalue weighted by atomic mass is 10.2. The normalized spacial score (nSPS) is 18.9. The SMILES string of the molecule is C=CCn1c(-c2ccc(F)cc2)nn(CN(CC)[C@@H]2CCS(=O)(=O)C2)c1=S. The standard InChI is InChI=1S/C18H23FN4O2S2/c1-3-10-22-17(14-5-7-15(19)8-6-14)20-23(18(22)26)13-21(4-2)16-9-11-27(24,25)12-16/h3,5-8,16H,1,4,9-13H2,2H3/t16-/m1/s1. The maximum Gasteiger partial charge on any atom is 0.199 e. The molecule has 1 aliphatic heterocycles. The van der Waals surface area contributed by atoms with Crippen molar-refractivity contribution in [2.75, 3.05) is 18.1 Å². The van der Waals surface area contributed by atoms with E-state index in [0.29, 0.717) is 36.8 Å². The maximum atomic E-state index is 13.3. The first-order valence-electron chi connectivity index (χ1n) is 8.83. The van der Waals surface area contributed by atoms with E-state index in [9.17, 15) is 12.8 Å². The summed E-state index contributed by atoms with van der Waals surface area (Å²) in [6, 6.07) is 6.07. The highest BCUT2D eigenvalue weighted by molar-refractivity contribution is 7.91. The number of halogens is 1. The minimum atomic E-state index is -2.96. The van der Waals surface area contributed by atoms with Crippen LogP contribution < -0.4 is 0 Å². The van der Waals surface area contributed by atoms with Crippen molar-refractivity contribution in [1.29, 1.82) is 0 Å². The van der Waals surface area contributed by atoms with Crippen LogP contribution in [0.1, 0.15) is 13.3 Å². The Bertz CT molecular complexity index is 980. The van der Waals surface area contributed by atoms with Crippen molar-refractivity contribution in [3.63, 3.8) is 0 Å². The molecule has 1 aromatic heterocycles. The first-order chi connectivity index (χ1) is 12.8. The van der Waals surface area contributed by atoms with Crippen molar-refractivity contribution in [3.8, 4) is 11.4 Å². The molecule has 1 fully saturated rings. The maximum absolute atomic E-state index is 13.3. The molecule has 146 valence electrons. The van der Waals surface area contributed by atoms with Crippen molar-refractivity contribution >= 4 is 22.1 Å². The van der Waals surface area contributed by atoms with Gasteiger partial charge in [0.1, 0.15) is 5.82 Å². The van der Waals surface area contributed by atoms with E-state index in [1.54, 1.807) is 22.9 Å². The molecule has 2 heterocycles. The van der Waals surface area contributed by atoms with E-state index < -0.39 is 9.84 Å². The van der Waals surface area contributed by atoms with Crippen LogP contribution >= 0.6 is 12.2 Å². The second-order valence-electron chi connectivity index (χ2n) is 6.62. The van der Waals surface area contributed by atoms with E-state index in [0.717, 1.165) is 5.56 Å². The molecule has 6 nitrogen and oxygen atoms in total. The molecule has 0 amide bonds. The minimum absolute atomic E-state index is 0.0271. The third-order valence-corrected chi connectivity index (χ3v) is 6.96. The number of benzene rings is 1. The molecular weight excluding hydrogens is 387 g/mol. The van der Waals surface area contributed by atoms with Gasteiger partial charge in [-0.15, -0.1) is 6.58 Å². The van der Waals surface area contributed by atoms with E-state index in [-0.39, 0.29) is 23.4 Å². The first kappa shape index (κ1) is 19.9.